The molecule has 0 aliphatic heterocycles. The lowest BCUT2D eigenvalue weighted by Crippen LogP contribution is -2.12. The number of amides is 1. The number of carbonyl (C=O) groups is 2. The van der Waals surface area contributed by atoms with Crippen LogP contribution in [0.3, 0.4) is 0 Å². The standard InChI is InChI=1S/C24H29NO8S/c1-30-18-14-22(32-3)19(23(15-18)33-4)10-12-34(28,29)16-17-8-9-21(31-2)20(13-17)25-24(27)7-5-6-11-26/h8-15H,5-7,16H2,1-4H3,(H,25,27). The number of sulfone groups is 1. The van der Waals surface area contributed by atoms with E-state index in [-0.39, 0.29) is 18.1 Å². The Balaban J connectivity index is 2.26. The van der Waals surface area contributed by atoms with Crippen LogP contribution in [0.1, 0.15) is 30.4 Å². The van der Waals surface area contributed by atoms with Gasteiger partial charge in [0.1, 0.15) is 29.3 Å². The summed E-state index contributed by atoms with van der Waals surface area (Å²) in [5.41, 5.74) is 1.27. The molecule has 10 heteroatoms. The van der Waals surface area contributed by atoms with E-state index in [2.05, 4.69) is 5.32 Å². The minimum Gasteiger partial charge on any atom is -0.496 e. The number of unbranched alkanes of at least 4 members (excludes halogenated alkanes) is 1. The molecular weight excluding hydrogens is 462 g/mol. The summed E-state index contributed by atoms with van der Waals surface area (Å²) in [6.07, 6.45) is 3.04. The fourth-order valence-electron chi connectivity index (χ4n) is 3.15. The molecule has 0 saturated carbocycles. The lowest BCUT2D eigenvalue weighted by molar-refractivity contribution is -0.116. The molecule has 0 aromatic heterocycles. The van der Waals surface area contributed by atoms with Gasteiger partial charge in [-0.1, -0.05) is 6.07 Å². The highest BCUT2D eigenvalue weighted by Crippen LogP contribution is 2.35. The van der Waals surface area contributed by atoms with Crippen LogP contribution in [-0.4, -0.2) is 49.1 Å². The zero-order valence-corrected chi connectivity index (χ0v) is 20.4. The number of rotatable bonds is 13. The Kier molecular flexibility index (Phi) is 9.93. The summed E-state index contributed by atoms with van der Waals surface area (Å²) < 4.78 is 46.8. The molecule has 2 aromatic rings. The first-order chi connectivity index (χ1) is 16.3. The van der Waals surface area contributed by atoms with Crippen molar-refractivity contribution in [3.05, 3.63) is 46.9 Å². The van der Waals surface area contributed by atoms with Gasteiger partial charge in [-0.2, -0.15) is 0 Å². The summed E-state index contributed by atoms with van der Waals surface area (Å²) in [6.45, 7) is 0. The third kappa shape index (κ3) is 7.51. The Hall–Kier alpha value is -3.53. The first-order valence-electron chi connectivity index (χ1n) is 10.4. The van der Waals surface area contributed by atoms with Crippen molar-refractivity contribution in [2.75, 3.05) is 33.8 Å². The molecular formula is C24H29NO8S. The van der Waals surface area contributed by atoms with Gasteiger partial charge in [0.05, 0.1) is 45.4 Å². The van der Waals surface area contributed by atoms with Crippen LogP contribution in [0.4, 0.5) is 5.69 Å². The summed E-state index contributed by atoms with van der Waals surface area (Å²) in [7, 11) is 2.19. The third-order valence-electron chi connectivity index (χ3n) is 4.83. The molecule has 0 fully saturated rings. The second-order valence-corrected chi connectivity index (χ2v) is 9.08. The zero-order chi connectivity index (χ0) is 25.1. The molecule has 0 radical (unpaired) electrons. The molecule has 34 heavy (non-hydrogen) atoms. The largest absolute Gasteiger partial charge is 0.496 e. The second kappa shape index (κ2) is 12.6. The fourth-order valence-corrected chi connectivity index (χ4v) is 4.23. The van der Waals surface area contributed by atoms with E-state index in [0.717, 1.165) is 11.7 Å². The van der Waals surface area contributed by atoms with Crippen LogP contribution in [0, 0.1) is 0 Å². The number of methoxy groups -OCH3 is 4. The molecule has 0 unspecified atom stereocenters. The summed E-state index contributed by atoms with van der Waals surface area (Å²) in [4.78, 5) is 22.6. The minimum atomic E-state index is -3.70. The van der Waals surface area contributed by atoms with Crippen molar-refractivity contribution in [3.8, 4) is 23.0 Å². The number of anilines is 1. The lowest BCUT2D eigenvalue weighted by atomic mass is 10.1. The predicted octanol–water partition coefficient (Wildman–Crippen LogP) is 3.61. The summed E-state index contributed by atoms with van der Waals surface area (Å²) in [5.74, 6) is 1.10. The van der Waals surface area contributed by atoms with Gasteiger partial charge in [0.2, 0.25) is 5.91 Å². The van der Waals surface area contributed by atoms with E-state index < -0.39 is 9.84 Å². The maximum absolute atomic E-state index is 12.8. The van der Waals surface area contributed by atoms with E-state index in [1.54, 1.807) is 30.3 Å². The fraction of sp³-hybridized carbons (Fsp3) is 0.333. The van der Waals surface area contributed by atoms with Gasteiger partial charge in [0.25, 0.3) is 0 Å². The van der Waals surface area contributed by atoms with Crippen LogP contribution in [-0.2, 0) is 25.2 Å². The molecule has 1 amide bonds. The number of hydrogen-bond donors (Lipinski definition) is 1. The maximum atomic E-state index is 12.8. The highest BCUT2D eigenvalue weighted by Gasteiger charge is 2.15. The quantitative estimate of drug-likeness (QED) is 0.334. The molecule has 2 aromatic carbocycles. The minimum absolute atomic E-state index is 0.165. The average Bonchev–Trinajstić information content (AvgIpc) is 2.82. The summed E-state index contributed by atoms with van der Waals surface area (Å²) in [6, 6.07) is 8.01. The molecule has 184 valence electrons. The molecule has 0 spiro atoms. The molecule has 0 bridgehead atoms. The highest BCUT2D eigenvalue weighted by molar-refractivity contribution is 7.93. The summed E-state index contributed by atoms with van der Waals surface area (Å²) in [5, 5.41) is 3.79. The Morgan fingerprint density at radius 2 is 1.59 bits per heavy atom. The monoisotopic (exact) mass is 491 g/mol. The Morgan fingerprint density at radius 1 is 0.941 bits per heavy atom. The van der Waals surface area contributed by atoms with Crippen molar-refractivity contribution in [2.45, 2.75) is 25.0 Å². The number of aldehydes is 1. The van der Waals surface area contributed by atoms with Crippen molar-refractivity contribution in [1.29, 1.82) is 0 Å². The van der Waals surface area contributed by atoms with Gasteiger partial charge >= 0.3 is 0 Å². The molecule has 9 nitrogen and oxygen atoms in total. The highest BCUT2D eigenvalue weighted by atomic mass is 32.2. The van der Waals surface area contributed by atoms with E-state index in [9.17, 15) is 18.0 Å². The number of carbonyl (C=O) groups excluding carboxylic acids is 2. The van der Waals surface area contributed by atoms with E-state index in [0.29, 0.717) is 52.7 Å². The zero-order valence-electron chi connectivity index (χ0n) is 19.6. The summed E-state index contributed by atoms with van der Waals surface area (Å²) >= 11 is 0. The normalized spacial score (nSPS) is 11.2. The van der Waals surface area contributed by atoms with E-state index in [1.807, 2.05) is 0 Å². The Morgan fingerprint density at radius 3 is 2.15 bits per heavy atom. The Labute approximate surface area is 199 Å². The van der Waals surface area contributed by atoms with Gasteiger partial charge in [0.15, 0.2) is 9.84 Å². The van der Waals surface area contributed by atoms with Crippen LogP contribution in [0.15, 0.2) is 35.7 Å². The van der Waals surface area contributed by atoms with Crippen molar-refractivity contribution in [1.82, 2.24) is 0 Å². The molecule has 0 atom stereocenters. The third-order valence-corrected chi connectivity index (χ3v) is 6.11. The van der Waals surface area contributed by atoms with Crippen LogP contribution in [0.25, 0.3) is 6.08 Å². The van der Waals surface area contributed by atoms with Gasteiger partial charge in [0, 0.05) is 30.4 Å². The first-order valence-corrected chi connectivity index (χ1v) is 12.1. The maximum Gasteiger partial charge on any atom is 0.224 e. The number of ether oxygens (including phenoxy) is 4. The molecule has 0 aliphatic carbocycles. The molecule has 0 saturated heterocycles. The number of nitrogens with one attached hydrogen (secondary N) is 1. The van der Waals surface area contributed by atoms with Gasteiger partial charge in [-0.05, 0) is 30.2 Å². The first kappa shape index (κ1) is 26.7. The number of hydrogen-bond acceptors (Lipinski definition) is 8. The molecule has 0 aliphatic rings. The Bertz CT molecular complexity index is 1120. The van der Waals surface area contributed by atoms with E-state index in [1.165, 1.54) is 34.5 Å². The van der Waals surface area contributed by atoms with Crippen LogP contribution >= 0.6 is 0 Å². The van der Waals surface area contributed by atoms with Crippen molar-refractivity contribution in [2.24, 2.45) is 0 Å². The van der Waals surface area contributed by atoms with Crippen LogP contribution < -0.4 is 24.3 Å². The van der Waals surface area contributed by atoms with Crippen molar-refractivity contribution >= 4 is 33.8 Å². The number of benzene rings is 2. The van der Waals surface area contributed by atoms with Crippen LogP contribution in [0.2, 0.25) is 0 Å². The average molecular weight is 492 g/mol. The van der Waals surface area contributed by atoms with E-state index >= 15 is 0 Å². The van der Waals surface area contributed by atoms with Crippen molar-refractivity contribution < 1.29 is 37.0 Å². The van der Waals surface area contributed by atoms with Gasteiger partial charge in [-0.15, -0.1) is 0 Å². The smallest absolute Gasteiger partial charge is 0.224 e. The molecule has 2 rings (SSSR count). The topological polar surface area (TPSA) is 117 Å². The van der Waals surface area contributed by atoms with Gasteiger partial charge in [-0.3, -0.25) is 4.79 Å². The van der Waals surface area contributed by atoms with Gasteiger partial charge < -0.3 is 29.1 Å². The molecule has 1 N–H and O–H groups in total. The van der Waals surface area contributed by atoms with Gasteiger partial charge in [-0.25, -0.2) is 8.42 Å². The van der Waals surface area contributed by atoms with Crippen LogP contribution in [0.5, 0.6) is 23.0 Å². The lowest BCUT2D eigenvalue weighted by Gasteiger charge is -2.13. The SMILES string of the molecule is COc1cc(OC)c(C=CS(=O)(=O)Cc2ccc(OC)c(NC(=O)CCCC=O)c2)c(OC)c1. The predicted molar refractivity (Wildman–Crippen MR) is 129 cm³/mol. The second-order valence-electron chi connectivity index (χ2n) is 7.20. The van der Waals surface area contributed by atoms with E-state index in [4.69, 9.17) is 18.9 Å². The molecule has 0 heterocycles. The van der Waals surface area contributed by atoms with Crippen molar-refractivity contribution in [3.63, 3.8) is 0 Å².